The van der Waals surface area contributed by atoms with Crippen LogP contribution in [0.5, 0.6) is 11.5 Å². The molecule has 1 heterocycles. The lowest BCUT2D eigenvalue weighted by Crippen LogP contribution is -2.26. The Kier molecular flexibility index (Phi) is 5.09. The average molecular weight is 342 g/mol. The van der Waals surface area contributed by atoms with Gasteiger partial charge in [0.2, 0.25) is 6.79 Å². The summed E-state index contributed by atoms with van der Waals surface area (Å²) in [6.07, 6.45) is -0.262. The summed E-state index contributed by atoms with van der Waals surface area (Å²) in [6.45, 7) is 0.581. The molecular weight excluding hydrogens is 320 g/mol. The lowest BCUT2D eigenvalue weighted by Gasteiger charge is -2.14. The summed E-state index contributed by atoms with van der Waals surface area (Å²) in [5.74, 6) is 1.17. The number of nitrogens with zero attached hydrogens (tertiary/aromatic N) is 1. The smallest absolute Gasteiger partial charge is 0.251 e. The molecule has 0 aliphatic carbocycles. The van der Waals surface area contributed by atoms with E-state index in [1.807, 2.05) is 37.2 Å². The summed E-state index contributed by atoms with van der Waals surface area (Å²) in [5, 5.41) is 13.1. The molecule has 1 unspecified atom stereocenters. The van der Waals surface area contributed by atoms with Crippen molar-refractivity contribution in [1.82, 2.24) is 5.32 Å². The monoisotopic (exact) mass is 342 g/mol. The molecule has 3 rings (SSSR count). The topological polar surface area (TPSA) is 71.0 Å². The Hall–Kier alpha value is -2.73. The highest BCUT2D eigenvalue weighted by Gasteiger charge is 2.17. The van der Waals surface area contributed by atoms with Crippen LogP contribution in [0.15, 0.2) is 42.5 Å². The molecule has 6 nitrogen and oxygen atoms in total. The molecule has 132 valence electrons. The van der Waals surface area contributed by atoms with Crippen molar-refractivity contribution in [1.29, 1.82) is 0 Å². The first-order valence-corrected chi connectivity index (χ1v) is 8.18. The Bertz CT molecular complexity index is 761. The maximum Gasteiger partial charge on any atom is 0.251 e. The maximum atomic E-state index is 12.2. The van der Waals surface area contributed by atoms with E-state index in [0.717, 1.165) is 11.3 Å². The zero-order valence-corrected chi connectivity index (χ0v) is 14.4. The van der Waals surface area contributed by atoms with E-state index in [0.29, 0.717) is 30.0 Å². The number of hydrogen-bond acceptors (Lipinski definition) is 5. The second-order valence-electron chi connectivity index (χ2n) is 6.12. The Morgan fingerprint density at radius 3 is 2.80 bits per heavy atom. The number of rotatable bonds is 6. The molecule has 1 aliphatic heterocycles. The van der Waals surface area contributed by atoms with Crippen LogP contribution in [-0.2, 0) is 0 Å². The van der Waals surface area contributed by atoms with Gasteiger partial charge in [0.1, 0.15) is 0 Å². The summed E-state index contributed by atoms with van der Waals surface area (Å²) in [7, 11) is 3.86. The number of anilines is 1. The fourth-order valence-electron chi connectivity index (χ4n) is 2.64. The number of fused-ring (bicyclic) bond motifs is 1. The first-order chi connectivity index (χ1) is 12.0. The molecule has 0 spiro atoms. The summed E-state index contributed by atoms with van der Waals surface area (Å²) in [4.78, 5) is 14.2. The molecular formula is C19H22N2O4. The Balaban J connectivity index is 1.53. The summed E-state index contributed by atoms with van der Waals surface area (Å²) >= 11 is 0. The third kappa shape index (κ3) is 4.03. The summed E-state index contributed by atoms with van der Waals surface area (Å²) < 4.78 is 10.6. The molecule has 0 fully saturated rings. The van der Waals surface area contributed by atoms with Crippen molar-refractivity contribution >= 4 is 11.6 Å². The molecule has 0 saturated carbocycles. The van der Waals surface area contributed by atoms with Crippen molar-refractivity contribution in [3.63, 3.8) is 0 Å². The first-order valence-electron chi connectivity index (χ1n) is 8.18. The molecule has 2 aromatic carbocycles. The fraction of sp³-hybridized carbons (Fsp3) is 0.316. The lowest BCUT2D eigenvalue weighted by atomic mass is 10.1. The van der Waals surface area contributed by atoms with Gasteiger partial charge in [0, 0.05) is 31.9 Å². The van der Waals surface area contributed by atoms with Crippen LogP contribution in [0.1, 0.15) is 28.4 Å². The number of aliphatic hydroxyl groups is 1. The first kappa shape index (κ1) is 17.1. The highest BCUT2D eigenvalue weighted by Crippen LogP contribution is 2.34. The Labute approximate surface area is 147 Å². The van der Waals surface area contributed by atoms with Gasteiger partial charge in [0.15, 0.2) is 11.5 Å². The van der Waals surface area contributed by atoms with E-state index in [2.05, 4.69) is 5.32 Å². The van der Waals surface area contributed by atoms with E-state index in [1.165, 1.54) is 0 Å². The molecule has 25 heavy (non-hydrogen) atoms. The molecule has 2 N–H and O–H groups in total. The van der Waals surface area contributed by atoms with Crippen LogP contribution in [0, 0.1) is 0 Å². The van der Waals surface area contributed by atoms with E-state index in [-0.39, 0.29) is 12.7 Å². The van der Waals surface area contributed by atoms with Gasteiger partial charge in [-0.2, -0.15) is 0 Å². The molecule has 0 radical (unpaired) electrons. The van der Waals surface area contributed by atoms with Crippen LogP contribution in [0.3, 0.4) is 0 Å². The predicted molar refractivity (Wildman–Crippen MR) is 95.2 cm³/mol. The van der Waals surface area contributed by atoms with Gasteiger partial charge in [-0.1, -0.05) is 12.1 Å². The van der Waals surface area contributed by atoms with E-state index in [1.54, 1.807) is 24.3 Å². The van der Waals surface area contributed by atoms with Crippen LogP contribution in [0.4, 0.5) is 5.69 Å². The molecule has 2 aromatic rings. The van der Waals surface area contributed by atoms with Crippen molar-refractivity contribution < 1.29 is 19.4 Å². The van der Waals surface area contributed by atoms with Crippen molar-refractivity contribution in [3.8, 4) is 11.5 Å². The average Bonchev–Trinajstić information content (AvgIpc) is 3.09. The minimum Gasteiger partial charge on any atom is -0.454 e. The molecule has 0 saturated heterocycles. The SMILES string of the molecule is CN(C)c1cccc(C(=O)NCCC(O)c2ccc3c(c2)OCO3)c1. The van der Waals surface area contributed by atoms with Crippen LogP contribution >= 0.6 is 0 Å². The predicted octanol–water partition coefficient (Wildman–Crippen LogP) is 2.33. The van der Waals surface area contributed by atoms with Gasteiger partial charge in [0.05, 0.1) is 6.10 Å². The number of benzene rings is 2. The Morgan fingerprint density at radius 1 is 1.20 bits per heavy atom. The van der Waals surface area contributed by atoms with Gasteiger partial charge >= 0.3 is 0 Å². The largest absolute Gasteiger partial charge is 0.454 e. The second-order valence-corrected chi connectivity index (χ2v) is 6.12. The number of hydrogen-bond donors (Lipinski definition) is 2. The molecule has 0 aromatic heterocycles. The minimum absolute atomic E-state index is 0.151. The quantitative estimate of drug-likeness (QED) is 0.843. The van der Waals surface area contributed by atoms with Gasteiger partial charge in [-0.15, -0.1) is 0 Å². The van der Waals surface area contributed by atoms with Crippen molar-refractivity contribution in [2.45, 2.75) is 12.5 Å². The normalized spacial score (nSPS) is 13.4. The molecule has 0 bridgehead atoms. The summed E-state index contributed by atoms with van der Waals surface area (Å²) in [5.41, 5.74) is 2.31. The molecule has 6 heteroatoms. The van der Waals surface area contributed by atoms with Crippen LogP contribution < -0.4 is 19.7 Å². The van der Waals surface area contributed by atoms with E-state index in [4.69, 9.17) is 9.47 Å². The molecule has 1 aliphatic rings. The Morgan fingerprint density at radius 2 is 2.00 bits per heavy atom. The van der Waals surface area contributed by atoms with Gasteiger partial charge in [0.25, 0.3) is 5.91 Å². The molecule has 1 amide bonds. The van der Waals surface area contributed by atoms with E-state index >= 15 is 0 Å². The maximum absolute atomic E-state index is 12.2. The van der Waals surface area contributed by atoms with Crippen LogP contribution in [-0.4, -0.2) is 38.4 Å². The standard InChI is InChI=1S/C19H22N2O4/c1-21(2)15-5-3-4-14(10-15)19(23)20-9-8-16(22)13-6-7-17-18(11-13)25-12-24-17/h3-7,10-11,16,22H,8-9,12H2,1-2H3,(H,20,23). The highest BCUT2D eigenvalue weighted by atomic mass is 16.7. The zero-order valence-electron chi connectivity index (χ0n) is 14.4. The molecule has 1 atom stereocenters. The van der Waals surface area contributed by atoms with Gasteiger partial charge < -0.3 is 24.8 Å². The van der Waals surface area contributed by atoms with Crippen molar-refractivity contribution in [3.05, 3.63) is 53.6 Å². The number of carbonyl (C=O) groups is 1. The van der Waals surface area contributed by atoms with Crippen LogP contribution in [0.25, 0.3) is 0 Å². The van der Waals surface area contributed by atoms with Gasteiger partial charge in [-0.25, -0.2) is 0 Å². The fourth-order valence-corrected chi connectivity index (χ4v) is 2.64. The van der Waals surface area contributed by atoms with Crippen LogP contribution in [0.2, 0.25) is 0 Å². The number of aliphatic hydroxyl groups excluding tert-OH is 1. The van der Waals surface area contributed by atoms with Gasteiger partial charge in [-0.3, -0.25) is 4.79 Å². The lowest BCUT2D eigenvalue weighted by molar-refractivity contribution is 0.0942. The zero-order chi connectivity index (χ0) is 17.8. The number of carbonyl (C=O) groups excluding carboxylic acids is 1. The number of amides is 1. The third-order valence-electron chi connectivity index (χ3n) is 4.11. The van der Waals surface area contributed by atoms with E-state index in [9.17, 15) is 9.90 Å². The highest BCUT2D eigenvalue weighted by molar-refractivity contribution is 5.95. The number of ether oxygens (including phenoxy) is 2. The van der Waals surface area contributed by atoms with E-state index < -0.39 is 6.10 Å². The number of nitrogens with one attached hydrogen (secondary N) is 1. The third-order valence-corrected chi connectivity index (χ3v) is 4.11. The van der Waals surface area contributed by atoms with Gasteiger partial charge in [-0.05, 0) is 42.3 Å². The van der Waals surface area contributed by atoms with Crippen molar-refractivity contribution in [2.75, 3.05) is 32.3 Å². The second kappa shape index (κ2) is 7.44. The minimum atomic E-state index is -0.678. The van der Waals surface area contributed by atoms with Crippen molar-refractivity contribution in [2.24, 2.45) is 0 Å². The summed E-state index contributed by atoms with van der Waals surface area (Å²) in [6, 6.07) is 12.8.